The number of nitrogens with one attached hydrogen (secondary N) is 1. The first-order chi connectivity index (χ1) is 11.3. The molecule has 5 nitrogen and oxygen atoms in total. The molecule has 0 bridgehead atoms. The second kappa shape index (κ2) is 7.36. The largest absolute Gasteiger partial charge is 0.497 e. The fourth-order valence-electron chi connectivity index (χ4n) is 2.27. The number of allylic oxidation sites excluding steroid dienone is 1. The highest BCUT2D eigenvalue weighted by molar-refractivity contribution is 5.94. The van der Waals surface area contributed by atoms with Crippen molar-refractivity contribution in [2.45, 2.75) is 26.4 Å². The highest BCUT2D eigenvalue weighted by atomic mass is 16.5. The van der Waals surface area contributed by atoms with E-state index in [1.54, 1.807) is 33.1 Å². The number of benzene rings is 1. The van der Waals surface area contributed by atoms with Crippen molar-refractivity contribution in [3.05, 3.63) is 59.6 Å². The predicted octanol–water partition coefficient (Wildman–Crippen LogP) is 3.02. The Bertz CT molecular complexity index is 743. The van der Waals surface area contributed by atoms with Crippen molar-refractivity contribution in [3.63, 3.8) is 0 Å². The molecular weight excluding hydrogens is 306 g/mol. The molecule has 0 saturated heterocycles. The molecule has 0 spiro atoms. The van der Waals surface area contributed by atoms with Crippen LogP contribution in [-0.4, -0.2) is 24.7 Å². The average molecular weight is 329 g/mol. The second-order valence-electron chi connectivity index (χ2n) is 5.96. The number of furan rings is 1. The molecule has 1 amide bonds. The van der Waals surface area contributed by atoms with Gasteiger partial charge in [0.15, 0.2) is 0 Å². The molecule has 0 aliphatic carbocycles. The number of rotatable bonds is 6. The van der Waals surface area contributed by atoms with Crippen molar-refractivity contribution in [3.8, 4) is 5.75 Å². The van der Waals surface area contributed by atoms with Crippen molar-refractivity contribution in [1.29, 1.82) is 0 Å². The van der Waals surface area contributed by atoms with Gasteiger partial charge in [-0.15, -0.1) is 0 Å². The van der Waals surface area contributed by atoms with Crippen molar-refractivity contribution >= 4 is 11.5 Å². The molecule has 2 rings (SSSR count). The van der Waals surface area contributed by atoms with Crippen molar-refractivity contribution < 1.29 is 19.1 Å². The summed E-state index contributed by atoms with van der Waals surface area (Å²) in [7, 11) is 1.60. The second-order valence-corrected chi connectivity index (χ2v) is 5.96. The van der Waals surface area contributed by atoms with Gasteiger partial charge in [-0.1, -0.05) is 12.1 Å². The molecular formula is C19H23NO4. The van der Waals surface area contributed by atoms with Gasteiger partial charge in [0.2, 0.25) is 5.91 Å². The number of aryl methyl sites for hydroxylation is 1. The highest BCUT2D eigenvalue weighted by Gasteiger charge is 2.27. The van der Waals surface area contributed by atoms with E-state index < -0.39 is 5.60 Å². The van der Waals surface area contributed by atoms with Crippen LogP contribution in [0.15, 0.2) is 46.9 Å². The van der Waals surface area contributed by atoms with E-state index in [1.165, 1.54) is 6.08 Å². The van der Waals surface area contributed by atoms with Crippen LogP contribution in [0.4, 0.5) is 0 Å². The van der Waals surface area contributed by atoms with Crippen molar-refractivity contribution in [1.82, 2.24) is 5.32 Å². The lowest BCUT2D eigenvalue weighted by Crippen LogP contribution is -2.37. The number of methoxy groups -OCH3 is 1. The summed E-state index contributed by atoms with van der Waals surface area (Å²) in [5.74, 6) is 1.59. The Morgan fingerprint density at radius 2 is 2.12 bits per heavy atom. The maximum Gasteiger partial charge on any atom is 0.244 e. The molecule has 1 aromatic carbocycles. The van der Waals surface area contributed by atoms with Crippen LogP contribution in [-0.2, 0) is 10.4 Å². The van der Waals surface area contributed by atoms with E-state index in [0.717, 1.165) is 16.9 Å². The van der Waals surface area contributed by atoms with E-state index in [4.69, 9.17) is 9.15 Å². The maximum absolute atomic E-state index is 12.1. The van der Waals surface area contributed by atoms with Crippen LogP contribution in [0, 0.1) is 6.92 Å². The van der Waals surface area contributed by atoms with Gasteiger partial charge in [0, 0.05) is 6.08 Å². The quantitative estimate of drug-likeness (QED) is 0.799. The topological polar surface area (TPSA) is 71.7 Å². The Morgan fingerprint density at radius 3 is 2.75 bits per heavy atom. The van der Waals surface area contributed by atoms with Gasteiger partial charge in [-0.05, 0) is 56.2 Å². The first-order valence-corrected chi connectivity index (χ1v) is 7.71. The van der Waals surface area contributed by atoms with Gasteiger partial charge in [-0.25, -0.2) is 0 Å². The van der Waals surface area contributed by atoms with E-state index in [-0.39, 0.29) is 12.5 Å². The Morgan fingerprint density at radius 1 is 1.38 bits per heavy atom. The number of hydrogen-bond donors (Lipinski definition) is 2. The zero-order valence-electron chi connectivity index (χ0n) is 14.4. The zero-order valence-corrected chi connectivity index (χ0v) is 14.4. The standard InChI is InChI=1S/C19H23NO4/c1-13(15-6-5-7-16(11-15)23-4)10-18(21)20-12-19(3,22)17-9-8-14(2)24-17/h5-11,22H,12H2,1-4H3,(H,20,21). The fourth-order valence-corrected chi connectivity index (χ4v) is 2.27. The molecule has 24 heavy (non-hydrogen) atoms. The Labute approximate surface area is 141 Å². The van der Waals surface area contributed by atoms with Crippen LogP contribution in [0.2, 0.25) is 0 Å². The first kappa shape index (κ1) is 17.8. The summed E-state index contributed by atoms with van der Waals surface area (Å²) in [4.78, 5) is 12.1. The van der Waals surface area contributed by atoms with E-state index in [9.17, 15) is 9.90 Å². The summed E-state index contributed by atoms with van der Waals surface area (Å²) in [6.07, 6.45) is 1.50. The van der Waals surface area contributed by atoms with Crippen LogP contribution in [0.1, 0.15) is 30.9 Å². The molecule has 5 heteroatoms. The highest BCUT2D eigenvalue weighted by Crippen LogP contribution is 2.22. The number of carbonyl (C=O) groups is 1. The minimum absolute atomic E-state index is 0.0562. The first-order valence-electron chi connectivity index (χ1n) is 7.71. The monoisotopic (exact) mass is 329 g/mol. The van der Waals surface area contributed by atoms with Crippen LogP contribution in [0.5, 0.6) is 5.75 Å². The van der Waals surface area contributed by atoms with Gasteiger partial charge >= 0.3 is 0 Å². The molecule has 0 fully saturated rings. The minimum atomic E-state index is -1.26. The van der Waals surface area contributed by atoms with Gasteiger partial charge in [0.05, 0.1) is 13.7 Å². The molecule has 1 heterocycles. The third-order valence-electron chi connectivity index (χ3n) is 3.75. The lowest BCUT2D eigenvalue weighted by atomic mass is 10.0. The zero-order chi connectivity index (χ0) is 17.7. The number of amides is 1. The van der Waals surface area contributed by atoms with Gasteiger partial charge in [0.1, 0.15) is 22.9 Å². The molecule has 0 aliphatic rings. The lowest BCUT2D eigenvalue weighted by molar-refractivity contribution is -0.117. The van der Waals surface area contributed by atoms with E-state index >= 15 is 0 Å². The molecule has 2 aromatic rings. The summed E-state index contributed by atoms with van der Waals surface area (Å²) in [6, 6.07) is 11.0. The third-order valence-corrected chi connectivity index (χ3v) is 3.75. The molecule has 0 aliphatic heterocycles. The summed E-state index contributed by atoms with van der Waals surface area (Å²) in [5, 5.41) is 13.1. The van der Waals surface area contributed by atoms with E-state index in [1.807, 2.05) is 31.2 Å². The number of carbonyl (C=O) groups excluding carboxylic acids is 1. The minimum Gasteiger partial charge on any atom is -0.497 e. The Kier molecular flexibility index (Phi) is 5.46. The van der Waals surface area contributed by atoms with Gasteiger partial charge < -0.3 is 19.6 Å². The average Bonchev–Trinajstić information content (AvgIpc) is 3.00. The molecule has 1 unspecified atom stereocenters. The van der Waals surface area contributed by atoms with Gasteiger partial charge in [-0.2, -0.15) is 0 Å². The maximum atomic E-state index is 12.1. The number of aliphatic hydroxyl groups is 1. The van der Waals surface area contributed by atoms with Crippen LogP contribution < -0.4 is 10.1 Å². The summed E-state index contributed by atoms with van der Waals surface area (Å²) in [5.41, 5.74) is 0.444. The molecule has 128 valence electrons. The molecule has 0 radical (unpaired) electrons. The van der Waals surface area contributed by atoms with Crippen LogP contribution in [0.3, 0.4) is 0 Å². The number of hydrogen-bond acceptors (Lipinski definition) is 4. The molecule has 1 atom stereocenters. The van der Waals surface area contributed by atoms with Crippen molar-refractivity contribution in [2.75, 3.05) is 13.7 Å². The summed E-state index contributed by atoms with van der Waals surface area (Å²) in [6.45, 7) is 5.31. The Balaban J connectivity index is 2.01. The molecule has 1 aromatic heterocycles. The van der Waals surface area contributed by atoms with Gasteiger partial charge in [-0.3, -0.25) is 4.79 Å². The van der Waals surface area contributed by atoms with Gasteiger partial charge in [0.25, 0.3) is 0 Å². The molecule has 2 N–H and O–H groups in total. The lowest BCUT2D eigenvalue weighted by Gasteiger charge is -2.20. The van der Waals surface area contributed by atoms with E-state index in [0.29, 0.717) is 11.5 Å². The van der Waals surface area contributed by atoms with Crippen LogP contribution in [0.25, 0.3) is 5.57 Å². The fraction of sp³-hybridized carbons (Fsp3) is 0.316. The Hall–Kier alpha value is -2.53. The normalized spacial score (nSPS) is 14.1. The summed E-state index contributed by atoms with van der Waals surface area (Å²) >= 11 is 0. The van der Waals surface area contributed by atoms with E-state index in [2.05, 4.69) is 5.32 Å². The third kappa shape index (κ3) is 4.49. The number of ether oxygens (including phenoxy) is 1. The SMILES string of the molecule is COc1cccc(C(C)=CC(=O)NCC(C)(O)c2ccc(C)o2)c1. The smallest absolute Gasteiger partial charge is 0.244 e. The van der Waals surface area contributed by atoms with Crippen molar-refractivity contribution in [2.24, 2.45) is 0 Å². The van der Waals surface area contributed by atoms with Crippen LogP contribution >= 0.6 is 0 Å². The predicted molar refractivity (Wildman–Crippen MR) is 92.7 cm³/mol. The molecule has 0 saturated carbocycles. The summed E-state index contributed by atoms with van der Waals surface area (Å²) < 4.78 is 10.6.